The number of hydrogen-bond acceptors (Lipinski definition) is 2. The van der Waals surface area contributed by atoms with E-state index in [0.717, 1.165) is 18.8 Å². The van der Waals surface area contributed by atoms with Gasteiger partial charge in [-0.15, -0.1) is 0 Å². The van der Waals surface area contributed by atoms with Crippen LogP contribution in [0.15, 0.2) is 42.6 Å². The van der Waals surface area contributed by atoms with Crippen molar-refractivity contribution in [2.45, 2.75) is 39.9 Å². The molecule has 1 aromatic heterocycles. The van der Waals surface area contributed by atoms with Gasteiger partial charge >= 0.3 is 0 Å². The summed E-state index contributed by atoms with van der Waals surface area (Å²) >= 11 is 0. The van der Waals surface area contributed by atoms with Crippen LogP contribution < -0.4 is 10.1 Å². The minimum Gasteiger partial charge on any atom is -0.494 e. The van der Waals surface area contributed by atoms with Gasteiger partial charge in [-0.25, -0.2) is 0 Å². The molecule has 1 N–H and O–H groups in total. The van der Waals surface area contributed by atoms with Crippen LogP contribution in [0.5, 0.6) is 5.75 Å². The lowest BCUT2D eigenvalue weighted by molar-refractivity contribution is 0.340. The maximum absolute atomic E-state index is 5.47. The van der Waals surface area contributed by atoms with E-state index in [1.54, 1.807) is 0 Å². The highest BCUT2D eigenvalue weighted by Gasteiger charge is 2.06. The summed E-state index contributed by atoms with van der Waals surface area (Å²) in [4.78, 5) is 0. The molecule has 2 rings (SSSR count). The second-order valence-electron chi connectivity index (χ2n) is 4.89. The Morgan fingerprint density at radius 2 is 1.90 bits per heavy atom. The largest absolute Gasteiger partial charge is 0.494 e. The Labute approximate surface area is 121 Å². The molecule has 0 aliphatic heterocycles. The molecule has 0 aliphatic carbocycles. The maximum atomic E-state index is 5.47. The van der Waals surface area contributed by atoms with E-state index in [-0.39, 0.29) is 0 Å². The van der Waals surface area contributed by atoms with Gasteiger partial charge in [-0.1, -0.05) is 12.1 Å². The van der Waals surface area contributed by atoms with Gasteiger partial charge in [-0.3, -0.25) is 0 Å². The van der Waals surface area contributed by atoms with Gasteiger partial charge in [-0.05, 0) is 50.6 Å². The standard InChI is InChI=1S/C17H24N2O/c1-4-19-12-6-7-16(19)13-18-14(3)15-8-10-17(11-9-15)20-5-2/h6-12,14,18H,4-5,13H2,1-3H3. The fourth-order valence-electron chi connectivity index (χ4n) is 2.31. The third-order valence-electron chi connectivity index (χ3n) is 3.54. The summed E-state index contributed by atoms with van der Waals surface area (Å²) in [5, 5.41) is 3.57. The molecule has 1 aromatic carbocycles. The first kappa shape index (κ1) is 14.7. The van der Waals surface area contributed by atoms with E-state index in [2.05, 4.69) is 54.2 Å². The first-order valence-corrected chi connectivity index (χ1v) is 7.34. The van der Waals surface area contributed by atoms with E-state index in [9.17, 15) is 0 Å². The summed E-state index contributed by atoms with van der Waals surface area (Å²) in [6.07, 6.45) is 2.12. The SMILES string of the molecule is CCOc1ccc(C(C)NCc2cccn2CC)cc1. The highest BCUT2D eigenvalue weighted by molar-refractivity contribution is 5.29. The third-order valence-corrected chi connectivity index (χ3v) is 3.54. The zero-order valence-electron chi connectivity index (χ0n) is 12.6. The van der Waals surface area contributed by atoms with E-state index in [4.69, 9.17) is 4.74 Å². The van der Waals surface area contributed by atoms with Gasteiger partial charge in [0.25, 0.3) is 0 Å². The summed E-state index contributed by atoms with van der Waals surface area (Å²) in [6, 6.07) is 12.9. The zero-order chi connectivity index (χ0) is 14.4. The van der Waals surface area contributed by atoms with Crippen molar-refractivity contribution in [1.82, 2.24) is 9.88 Å². The van der Waals surface area contributed by atoms with Crippen molar-refractivity contribution in [2.75, 3.05) is 6.61 Å². The number of nitrogens with one attached hydrogen (secondary N) is 1. The first-order valence-electron chi connectivity index (χ1n) is 7.34. The molecular formula is C17H24N2O. The van der Waals surface area contributed by atoms with E-state index >= 15 is 0 Å². The number of aromatic nitrogens is 1. The molecule has 0 saturated heterocycles. The molecule has 0 amide bonds. The van der Waals surface area contributed by atoms with Crippen LogP contribution in [0.2, 0.25) is 0 Å². The smallest absolute Gasteiger partial charge is 0.119 e. The average Bonchev–Trinajstić information content (AvgIpc) is 2.93. The third kappa shape index (κ3) is 3.64. The van der Waals surface area contributed by atoms with E-state index in [0.29, 0.717) is 12.6 Å². The number of benzene rings is 1. The van der Waals surface area contributed by atoms with Crippen LogP contribution in [0, 0.1) is 0 Å². The van der Waals surface area contributed by atoms with Crippen LogP contribution >= 0.6 is 0 Å². The van der Waals surface area contributed by atoms with Crippen LogP contribution in [-0.2, 0) is 13.1 Å². The van der Waals surface area contributed by atoms with Gasteiger partial charge in [0.15, 0.2) is 0 Å². The van der Waals surface area contributed by atoms with Crippen LogP contribution in [0.4, 0.5) is 0 Å². The molecule has 20 heavy (non-hydrogen) atoms. The fourth-order valence-corrected chi connectivity index (χ4v) is 2.31. The second kappa shape index (κ2) is 7.15. The Morgan fingerprint density at radius 1 is 1.15 bits per heavy atom. The molecule has 0 aliphatic rings. The first-order chi connectivity index (χ1) is 9.74. The molecule has 0 fully saturated rings. The highest BCUT2D eigenvalue weighted by Crippen LogP contribution is 2.18. The second-order valence-corrected chi connectivity index (χ2v) is 4.89. The maximum Gasteiger partial charge on any atom is 0.119 e. The summed E-state index contributed by atoms with van der Waals surface area (Å²) in [5.74, 6) is 0.934. The van der Waals surface area contributed by atoms with Crippen molar-refractivity contribution in [3.63, 3.8) is 0 Å². The highest BCUT2D eigenvalue weighted by atomic mass is 16.5. The minimum absolute atomic E-state index is 0.325. The van der Waals surface area contributed by atoms with Crippen molar-refractivity contribution < 1.29 is 4.74 Å². The Kier molecular flexibility index (Phi) is 5.24. The lowest BCUT2D eigenvalue weighted by Gasteiger charge is -2.16. The van der Waals surface area contributed by atoms with Gasteiger partial charge in [0.2, 0.25) is 0 Å². The number of nitrogens with zero attached hydrogens (tertiary/aromatic N) is 1. The molecule has 1 unspecified atom stereocenters. The van der Waals surface area contributed by atoms with Gasteiger partial charge in [0.05, 0.1) is 6.61 Å². The summed E-state index contributed by atoms with van der Waals surface area (Å²) in [5.41, 5.74) is 2.60. The molecule has 108 valence electrons. The number of hydrogen-bond donors (Lipinski definition) is 1. The minimum atomic E-state index is 0.325. The van der Waals surface area contributed by atoms with Crippen molar-refractivity contribution in [1.29, 1.82) is 0 Å². The van der Waals surface area contributed by atoms with Crippen molar-refractivity contribution in [3.05, 3.63) is 53.9 Å². The van der Waals surface area contributed by atoms with Gasteiger partial charge in [0, 0.05) is 31.0 Å². The Morgan fingerprint density at radius 3 is 2.55 bits per heavy atom. The summed E-state index contributed by atoms with van der Waals surface area (Å²) in [6.45, 7) is 8.97. The molecule has 1 atom stereocenters. The van der Waals surface area contributed by atoms with Crippen LogP contribution in [0.25, 0.3) is 0 Å². The van der Waals surface area contributed by atoms with E-state index < -0.39 is 0 Å². The van der Waals surface area contributed by atoms with Crippen molar-refractivity contribution in [2.24, 2.45) is 0 Å². The Balaban J connectivity index is 1.92. The average molecular weight is 272 g/mol. The molecule has 0 radical (unpaired) electrons. The normalized spacial score (nSPS) is 12.3. The molecular weight excluding hydrogens is 248 g/mol. The predicted molar refractivity (Wildman–Crippen MR) is 83.0 cm³/mol. The Hall–Kier alpha value is -1.74. The van der Waals surface area contributed by atoms with Crippen LogP contribution in [0.1, 0.15) is 38.1 Å². The van der Waals surface area contributed by atoms with Gasteiger partial charge < -0.3 is 14.6 Å². The van der Waals surface area contributed by atoms with Gasteiger partial charge in [0.1, 0.15) is 5.75 Å². The van der Waals surface area contributed by atoms with Crippen LogP contribution in [-0.4, -0.2) is 11.2 Å². The molecule has 2 aromatic rings. The lowest BCUT2D eigenvalue weighted by atomic mass is 10.1. The molecule has 3 nitrogen and oxygen atoms in total. The van der Waals surface area contributed by atoms with E-state index in [1.165, 1.54) is 11.3 Å². The van der Waals surface area contributed by atoms with Crippen molar-refractivity contribution in [3.8, 4) is 5.75 Å². The Bertz CT molecular complexity index is 516. The van der Waals surface area contributed by atoms with Crippen LogP contribution in [0.3, 0.4) is 0 Å². The molecule has 0 spiro atoms. The quantitative estimate of drug-likeness (QED) is 0.830. The fraction of sp³-hybridized carbons (Fsp3) is 0.412. The van der Waals surface area contributed by atoms with Gasteiger partial charge in [-0.2, -0.15) is 0 Å². The summed E-state index contributed by atoms with van der Waals surface area (Å²) < 4.78 is 7.73. The van der Waals surface area contributed by atoms with E-state index in [1.807, 2.05) is 19.1 Å². The topological polar surface area (TPSA) is 26.2 Å². The van der Waals surface area contributed by atoms with Crippen molar-refractivity contribution >= 4 is 0 Å². The predicted octanol–water partition coefficient (Wildman–Crippen LogP) is 3.76. The molecule has 3 heteroatoms. The molecule has 0 saturated carbocycles. The lowest BCUT2D eigenvalue weighted by Crippen LogP contribution is -2.19. The number of ether oxygens (including phenoxy) is 1. The molecule has 1 heterocycles. The number of aryl methyl sites for hydroxylation is 1. The monoisotopic (exact) mass is 272 g/mol. The summed E-state index contributed by atoms with van der Waals surface area (Å²) in [7, 11) is 0. The zero-order valence-corrected chi connectivity index (χ0v) is 12.6. The molecule has 0 bridgehead atoms. The number of rotatable bonds is 7.